The van der Waals surface area contributed by atoms with Crippen LogP contribution in [0.5, 0.6) is 0 Å². The topological polar surface area (TPSA) is 32.3 Å². The first-order chi connectivity index (χ1) is 8.66. The van der Waals surface area contributed by atoms with Gasteiger partial charge in [-0.1, -0.05) is 36.8 Å². The third-order valence-corrected chi connectivity index (χ3v) is 3.51. The molecule has 1 amide bonds. The summed E-state index contributed by atoms with van der Waals surface area (Å²) >= 11 is 0. The van der Waals surface area contributed by atoms with Crippen molar-refractivity contribution in [3.63, 3.8) is 0 Å². The molecule has 3 nitrogen and oxygen atoms in total. The molecule has 4 heteroatoms. The summed E-state index contributed by atoms with van der Waals surface area (Å²) in [5.41, 5.74) is 2.51. The average molecular weight is 283 g/mol. The first-order valence-corrected chi connectivity index (χ1v) is 6.72. The third-order valence-electron chi connectivity index (χ3n) is 3.51. The molecule has 1 fully saturated rings. The molecule has 1 N–H and O–H groups in total. The second-order valence-electron chi connectivity index (χ2n) is 5.17. The van der Waals surface area contributed by atoms with Gasteiger partial charge in [-0.3, -0.25) is 4.79 Å². The van der Waals surface area contributed by atoms with Crippen molar-refractivity contribution in [1.82, 2.24) is 10.2 Å². The number of aryl methyl sites for hydroxylation is 1. The Morgan fingerprint density at radius 2 is 1.84 bits per heavy atom. The molecule has 0 bridgehead atoms. The smallest absolute Gasteiger partial charge is 0.225 e. The summed E-state index contributed by atoms with van der Waals surface area (Å²) in [6, 6.07) is 8.46. The normalized spacial score (nSPS) is 16.6. The van der Waals surface area contributed by atoms with Crippen LogP contribution >= 0.6 is 12.4 Å². The Balaban J connectivity index is 0.00000180. The van der Waals surface area contributed by atoms with E-state index < -0.39 is 0 Å². The molecule has 1 saturated heterocycles. The number of nitrogens with one attached hydrogen (secondary N) is 1. The van der Waals surface area contributed by atoms with Crippen LogP contribution in [0.3, 0.4) is 0 Å². The van der Waals surface area contributed by atoms with Gasteiger partial charge in [-0.2, -0.15) is 0 Å². The highest BCUT2D eigenvalue weighted by atomic mass is 35.5. The van der Waals surface area contributed by atoms with Crippen molar-refractivity contribution in [2.45, 2.75) is 20.3 Å². The van der Waals surface area contributed by atoms with Crippen LogP contribution in [0, 0.1) is 12.8 Å². The Bertz CT molecular complexity index is 399. The predicted molar refractivity (Wildman–Crippen MR) is 80.7 cm³/mol. The predicted octanol–water partition coefficient (Wildman–Crippen LogP) is 2.03. The number of rotatable bonds is 3. The lowest BCUT2D eigenvalue weighted by Crippen LogP contribution is -2.48. The number of hydrogen-bond acceptors (Lipinski definition) is 2. The molecule has 0 aromatic heterocycles. The molecule has 1 aliphatic heterocycles. The van der Waals surface area contributed by atoms with Gasteiger partial charge in [0.15, 0.2) is 0 Å². The minimum Gasteiger partial charge on any atom is -0.340 e. The van der Waals surface area contributed by atoms with Gasteiger partial charge in [0.2, 0.25) is 5.91 Å². The Morgan fingerprint density at radius 1 is 1.26 bits per heavy atom. The number of amides is 1. The van der Waals surface area contributed by atoms with Crippen LogP contribution in [0.1, 0.15) is 18.1 Å². The van der Waals surface area contributed by atoms with Crippen molar-refractivity contribution < 1.29 is 4.79 Å². The quantitative estimate of drug-likeness (QED) is 0.920. The molecule has 2 rings (SSSR count). The van der Waals surface area contributed by atoms with Crippen LogP contribution in [0.15, 0.2) is 24.3 Å². The van der Waals surface area contributed by atoms with Crippen molar-refractivity contribution in [2.24, 2.45) is 5.92 Å². The summed E-state index contributed by atoms with van der Waals surface area (Å²) in [5.74, 6) is 0.364. The van der Waals surface area contributed by atoms with E-state index in [0.717, 1.165) is 32.6 Å². The molecular weight excluding hydrogens is 260 g/mol. The zero-order chi connectivity index (χ0) is 13.0. The highest BCUT2D eigenvalue weighted by molar-refractivity contribution is 5.85. The van der Waals surface area contributed by atoms with E-state index in [9.17, 15) is 4.79 Å². The lowest BCUT2D eigenvalue weighted by Gasteiger charge is -2.29. The number of benzene rings is 1. The van der Waals surface area contributed by atoms with Crippen molar-refractivity contribution in [3.05, 3.63) is 35.4 Å². The average Bonchev–Trinajstić information content (AvgIpc) is 2.41. The Labute approximate surface area is 121 Å². The molecule has 1 atom stereocenters. The number of nitrogens with zero attached hydrogens (tertiary/aromatic N) is 1. The maximum absolute atomic E-state index is 12.3. The molecule has 0 saturated carbocycles. The van der Waals surface area contributed by atoms with Gasteiger partial charge in [-0.15, -0.1) is 12.4 Å². The highest BCUT2D eigenvalue weighted by Crippen LogP contribution is 2.13. The molecule has 1 aliphatic rings. The summed E-state index contributed by atoms with van der Waals surface area (Å²) in [7, 11) is 0. The van der Waals surface area contributed by atoms with E-state index in [1.807, 2.05) is 11.8 Å². The zero-order valence-electron chi connectivity index (χ0n) is 11.7. The molecule has 0 radical (unpaired) electrons. The molecular formula is C15H23ClN2O. The molecule has 19 heavy (non-hydrogen) atoms. The standard InChI is InChI=1S/C15H22N2O.ClH/c1-12-3-5-14(6-4-12)11-13(2)15(18)17-9-7-16-8-10-17;/h3-6,13,16H,7-11H2,1-2H3;1H. The SMILES string of the molecule is Cc1ccc(CC(C)C(=O)N2CCNCC2)cc1.Cl. The van der Waals surface area contributed by atoms with Gasteiger partial charge in [0.05, 0.1) is 0 Å². The van der Waals surface area contributed by atoms with Crippen LogP contribution in [0.2, 0.25) is 0 Å². The van der Waals surface area contributed by atoms with Gasteiger partial charge in [0, 0.05) is 32.1 Å². The minimum atomic E-state index is 0. The second kappa shape index (κ2) is 7.51. The number of halogens is 1. The van der Waals surface area contributed by atoms with Crippen LogP contribution in [-0.4, -0.2) is 37.0 Å². The molecule has 0 aliphatic carbocycles. The molecule has 0 spiro atoms. The Morgan fingerprint density at radius 3 is 2.42 bits per heavy atom. The number of carbonyl (C=O) groups excluding carboxylic acids is 1. The van der Waals surface area contributed by atoms with E-state index in [1.54, 1.807) is 0 Å². The Kier molecular flexibility index (Phi) is 6.32. The number of hydrogen-bond donors (Lipinski definition) is 1. The summed E-state index contributed by atoms with van der Waals surface area (Å²) in [5, 5.41) is 3.27. The highest BCUT2D eigenvalue weighted by Gasteiger charge is 2.21. The summed E-state index contributed by atoms with van der Waals surface area (Å²) in [6.07, 6.45) is 0.836. The largest absolute Gasteiger partial charge is 0.340 e. The molecule has 1 heterocycles. The minimum absolute atomic E-state index is 0. The van der Waals surface area contributed by atoms with E-state index in [-0.39, 0.29) is 24.2 Å². The summed E-state index contributed by atoms with van der Waals surface area (Å²) < 4.78 is 0. The summed E-state index contributed by atoms with van der Waals surface area (Å²) in [4.78, 5) is 14.2. The van der Waals surface area contributed by atoms with Crippen LogP contribution < -0.4 is 5.32 Å². The maximum atomic E-state index is 12.3. The van der Waals surface area contributed by atoms with Crippen LogP contribution in [-0.2, 0) is 11.2 Å². The van der Waals surface area contributed by atoms with E-state index in [4.69, 9.17) is 0 Å². The van der Waals surface area contributed by atoms with Crippen molar-refractivity contribution >= 4 is 18.3 Å². The van der Waals surface area contributed by atoms with Crippen molar-refractivity contribution in [2.75, 3.05) is 26.2 Å². The van der Waals surface area contributed by atoms with Gasteiger partial charge in [0.1, 0.15) is 0 Å². The van der Waals surface area contributed by atoms with Gasteiger partial charge in [-0.25, -0.2) is 0 Å². The van der Waals surface area contributed by atoms with Crippen LogP contribution in [0.4, 0.5) is 0 Å². The molecule has 1 aromatic carbocycles. The van der Waals surface area contributed by atoms with Gasteiger partial charge < -0.3 is 10.2 Å². The van der Waals surface area contributed by atoms with E-state index >= 15 is 0 Å². The number of piperazine rings is 1. The first kappa shape index (κ1) is 16.0. The van der Waals surface area contributed by atoms with Crippen molar-refractivity contribution in [3.8, 4) is 0 Å². The van der Waals surface area contributed by atoms with Gasteiger partial charge in [0.25, 0.3) is 0 Å². The van der Waals surface area contributed by atoms with Crippen LogP contribution in [0.25, 0.3) is 0 Å². The lowest BCUT2D eigenvalue weighted by atomic mass is 9.99. The first-order valence-electron chi connectivity index (χ1n) is 6.72. The fourth-order valence-corrected chi connectivity index (χ4v) is 2.36. The molecule has 1 unspecified atom stereocenters. The zero-order valence-corrected chi connectivity index (χ0v) is 12.5. The third kappa shape index (κ3) is 4.51. The monoisotopic (exact) mass is 282 g/mol. The second-order valence-corrected chi connectivity index (χ2v) is 5.17. The molecule has 1 aromatic rings. The maximum Gasteiger partial charge on any atom is 0.225 e. The Hall–Kier alpha value is -1.06. The number of carbonyl (C=O) groups is 1. The van der Waals surface area contributed by atoms with E-state index in [2.05, 4.69) is 36.5 Å². The lowest BCUT2D eigenvalue weighted by molar-refractivity contribution is -0.135. The molecule has 106 valence electrons. The van der Waals surface area contributed by atoms with Gasteiger partial charge >= 0.3 is 0 Å². The van der Waals surface area contributed by atoms with Gasteiger partial charge in [-0.05, 0) is 18.9 Å². The van der Waals surface area contributed by atoms with E-state index in [1.165, 1.54) is 11.1 Å². The fraction of sp³-hybridized carbons (Fsp3) is 0.533. The van der Waals surface area contributed by atoms with E-state index in [0.29, 0.717) is 0 Å². The van der Waals surface area contributed by atoms with Crippen molar-refractivity contribution in [1.29, 1.82) is 0 Å². The summed E-state index contributed by atoms with van der Waals surface area (Å²) in [6.45, 7) is 7.64. The fourth-order valence-electron chi connectivity index (χ4n) is 2.36.